The molecule has 0 spiro atoms. The quantitative estimate of drug-likeness (QED) is 0.402. The van der Waals surface area contributed by atoms with E-state index in [1.54, 1.807) is 11.8 Å². The van der Waals surface area contributed by atoms with E-state index in [2.05, 4.69) is 17.2 Å². The molecule has 0 aromatic rings. The van der Waals surface area contributed by atoms with Gasteiger partial charge in [-0.05, 0) is 12.5 Å². The van der Waals surface area contributed by atoms with Gasteiger partial charge in [-0.1, -0.05) is 6.08 Å². The molecule has 0 aromatic heterocycles. The zero-order chi connectivity index (χ0) is 11.1. The minimum atomic E-state index is 0.0747. The molecule has 1 aliphatic rings. The van der Waals surface area contributed by atoms with Crippen molar-refractivity contribution < 1.29 is 4.79 Å². The summed E-state index contributed by atoms with van der Waals surface area (Å²) in [5, 5.41) is 6.04. The number of rotatable bonds is 6. The Kier molecular flexibility index (Phi) is 5.50. The second kappa shape index (κ2) is 6.69. The van der Waals surface area contributed by atoms with E-state index in [1.807, 2.05) is 13.0 Å². The molecular weight excluding hydrogens is 208 g/mol. The summed E-state index contributed by atoms with van der Waals surface area (Å²) in [6.07, 6.45) is 1.87. The number of carbonyl (C=O) groups is 1. The molecule has 0 bridgehead atoms. The zero-order valence-electron chi connectivity index (χ0n) is 9.14. The van der Waals surface area contributed by atoms with E-state index in [0.29, 0.717) is 0 Å². The highest BCUT2D eigenvalue weighted by molar-refractivity contribution is 7.99. The maximum absolute atomic E-state index is 11.6. The van der Waals surface area contributed by atoms with E-state index in [9.17, 15) is 4.79 Å². The molecule has 15 heavy (non-hydrogen) atoms. The Labute approximate surface area is 95.4 Å². The predicted octanol–water partition coefficient (Wildman–Crippen LogP) is 0.942. The lowest BCUT2D eigenvalue weighted by molar-refractivity contribution is -0.117. The van der Waals surface area contributed by atoms with Crippen molar-refractivity contribution in [1.82, 2.24) is 10.6 Å². The van der Waals surface area contributed by atoms with Crippen LogP contribution in [0.15, 0.2) is 23.8 Å². The number of nitrogens with one attached hydrogen (secondary N) is 2. The van der Waals surface area contributed by atoms with Crippen LogP contribution >= 0.6 is 11.8 Å². The van der Waals surface area contributed by atoms with Gasteiger partial charge in [0.25, 0.3) is 0 Å². The summed E-state index contributed by atoms with van der Waals surface area (Å²) in [5.74, 6) is 1.96. The van der Waals surface area contributed by atoms with Gasteiger partial charge >= 0.3 is 0 Å². The summed E-state index contributed by atoms with van der Waals surface area (Å²) >= 11 is 1.77. The van der Waals surface area contributed by atoms with Crippen LogP contribution in [0.4, 0.5) is 0 Å². The molecule has 1 aliphatic heterocycles. The third kappa shape index (κ3) is 4.10. The summed E-state index contributed by atoms with van der Waals surface area (Å²) in [4.78, 5) is 11.6. The largest absolute Gasteiger partial charge is 0.351 e. The smallest absolute Gasteiger partial charge is 0.246 e. The highest BCUT2D eigenvalue weighted by Crippen LogP contribution is 2.08. The average Bonchev–Trinajstić information content (AvgIpc) is 2.14. The second-order valence-electron chi connectivity index (χ2n) is 3.45. The van der Waals surface area contributed by atoms with Crippen molar-refractivity contribution >= 4 is 17.7 Å². The minimum absolute atomic E-state index is 0.0747. The molecule has 4 heteroatoms. The van der Waals surface area contributed by atoms with Crippen LogP contribution in [0.5, 0.6) is 0 Å². The average molecular weight is 226 g/mol. The van der Waals surface area contributed by atoms with Gasteiger partial charge < -0.3 is 10.6 Å². The first-order valence-corrected chi connectivity index (χ1v) is 6.27. The summed E-state index contributed by atoms with van der Waals surface area (Å²) in [6.45, 7) is 7.99. The van der Waals surface area contributed by atoms with Gasteiger partial charge in [0.1, 0.15) is 0 Å². The van der Waals surface area contributed by atoms with Gasteiger partial charge in [-0.3, -0.25) is 4.79 Å². The van der Waals surface area contributed by atoms with Gasteiger partial charge in [-0.25, -0.2) is 0 Å². The van der Waals surface area contributed by atoms with Crippen molar-refractivity contribution in [3.63, 3.8) is 0 Å². The monoisotopic (exact) mass is 226 g/mol. The van der Waals surface area contributed by atoms with E-state index in [0.717, 1.165) is 36.7 Å². The van der Waals surface area contributed by atoms with E-state index < -0.39 is 0 Å². The lowest BCUT2D eigenvalue weighted by atomic mass is 10.0. The van der Waals surface area contributed by atoms with E-state index >= 15 is 0 Å². The number of carbonyl (C=O) groups excluding carboxylic acids is 1. The van der Waals surface area contributed by atoms with Crippen molar-refractivity contribution in [3.05, 3.63) is 23.8 Å². The first-order valence-electron chi connectivity index (χ1n) is 5.12. The fraction of sp³-hybridized carbons (Fsp3) is 0.545. The molecule has 1 heterocycles. The third-order valence-corrected chi connectivity index (χ3v) is 3.28. The van der Waals surface area contributed by atoms with Crippen LogP contribution in [0.1, 0.15) is 6.92 Å². The van der Waals surface area contributed by atoms with Gasteiger partial charge in [0.15, 0.2) is 0 Å². The summed E-state index contributed by atoms with van der Waals surface area (Å²) in [5.41, 5.74) is 2.11. The molecule has 0 unspecified atom stereocenters. The van der Waals surface area contributed by atoms with Crippen LogP contribution in [-0.4, -0.2) is 37.0 Å². The molecule has 3 nitrogen and oxygen atoms in total. The molecule has 84 valence electrons. The highest BCUT2D eigenvalue weighted by Gasteiger charge is 2.15. The standard InChI is InChI=1S/C11H18N2OS/c1-3-5-15-6-4-13-11(14)9(2)10-7-12-8-10/h3,12H,1,4-8H2,2H3,(H,13,14). The topological polar surface area (TPSA) is 41.1 Å². The second-order valence-corrected chi connectivity index (χ2v) is 4.60. The van der Waals surface area contributed by atoms with E-state index in [4.69, 9.17) is 0 Å². The Balaban J connectivity index is 2.15. The third-order valence-electron chi connectivity index (χ3n) is 2.32. The fourth-order valence-electron chi connectivity index (χ4n) is 1.21. The van der Waals surface area contributed by atoms with Gasteiger partial charge in [-0.15, -0.1) is 6.58 Å². The fourth-order valence-corrected chi connectivity index (χ4v) is 1.79. The molecule has 0 atom stereocenters. The lowest BCUT2D eigenvalue weighted by Gasteiger charge is -2.21. The molecule has 1 amide bonds. The molecule has 2 N–H and O–H groups in total. The van der Waals surface area contributed by atoms with Gasteiger partial charge in [0.2, 0.25) is 5.91 Å². The first-order chi connectivity index (χ1) is 7.25. The SMILES string of the molecule is C=CCSCCNC(=O)C(C)=C1CNC1. The van der Waals surface area contributed by atoms with Crippen molar-refractivity contribution in [2.45, 2.75) is 6.92 Å². The van der Waals surface area contributed by atoms with Crippen LogP contribution in [0.2, 0.25) is 0 Å². The van der Waals surface area contributed by atoms with Crippen molar-refractivity contribution in [2.75, 3.05) is 31.1 Å². The van der Waals surface area contributed by atoms with E-state index in [-0.39, 0.29) is 5.91 Å². The number of thioether (sulfide) groups is 1. The molecule has 1 fully saturated rings. The number of hydrogen-bond acceptors (Lipinski definition) is 3. The van der Waals surface area contributed by atoms with Crippen molar-refractivity contribution in [3.8, 4) is 0 Å². The van der Waals surface area contributed by atoms with Gasteiger partial charge in [0.05, 0.1) is 0 Å². The van der Waals surface area contributed by atoms with Crippen molar-refractivity contribution in [1.29, 1.82) is 0 Å². The van der Waals surface area contributed by atoms with Crippen LogP contribution < -0.4 is 10.6 Å². The van der Waals surface area contributed by atoms with Crippen LogP contribution in [0.3, 0.4) is 0 Å². The number of hydrogen-bond donors (Lipinski definition) is 2. The Morgan fingerprint density at radius 3 is 2.93 bits per heavy atom. The van der Waals surface area contributed by atoms with Crippen LogP contribution in [-0.2, 0) is 4.79 Å². The van der Waals surface area contributed by atoms with Crippen LogP contribution in [0.25, 0.3) is 0 Å². The highest BCUT2D eigenvalue weighted by atomic mass is 32.2. The minimum Gasteiger partial charge on any atom is -0.351 e. The predicted molar refractivity (Wildman–Crippen MR) is 66.1 cm³/mol. The molecular formula is C11H18N2OS. The molecule has 1 rings (SSSR count). The van der Waals surface area contributed by atoms with Crippen LogP contribution in [0, 0.1) is 0 Å². The van der Waals surface area contributed by atoms with Gasteiger partial charge in [0, 0.05) is 36.7 Å². The Morgan fingerprint density at radius 1 is 1.67 bits per heavy atom. The normalized spacial score (nSPS) is 14.3. The first kappa shape index (κ1) is 12.3. The Hall–Kier alpha value is -0.740. The maximum Gasteiger partial charge on any atom is 0.246 e. The molecule has 0 saturated carbocycles. The summed E-state index contributed by atoms with van der Waals surface area (Å²) in [7, 11) is 0. The maximum atomic E-state index is 11.6. The van der Waals surface area contributed by atoms with Gasteiger partial charge in [-0.2, -0.15) is 11.8 Å². The van der Waals surface area contributed by atoms with E-state index in [1.165, 1.54) is 5.57 Å². The summed E-state index contributed by atoms with van der Waals surface area (Å²) in [6, 6.07) is 0. The Morgan fingerprint density at radius 2 is 2.40 bits per heavy atom. The Bertz CT molecular complexity index is 268. The lowest BCUT2D eigenvalue weighted by Crippen LogP contribution is -2.38. The molecule has 1 saturated heterocycles. The number of amides is 1. The van der Waals surface area contributed by atoms with Crippen molar-refractivity contribution in [2.24, 2.45) is 0 Å². The molecule has 0 radical (unpaired) electrons. The molecule has 0 aromatic carbocycles. The zero-order valence-corrected chi connectivity index (χ0v) is 9.95. The summed E-state index contributed by atoms with van der Waals surface area (Å²) < 4.78 is 0. The molecule has 0 aliphatic carbocycles.